The van der Waals surface area contributed by atoms with Crippen molar-refractivity contribution >= 4 is 5.97 Å². The molecule has 0 aromatic heterocycles. The number of aliphatic hydroxyl groups excluding tert-OH is 1. The Morgan fingerprint density at radius 3 is 2.58 bits per heavy atom. The molecule has 0 amide bonds. The molecule has 106 valence electrons. The van der Waals surface area contributed by atoms with Crippen molar-refractivity contribution in [1.29, 1.82) is 0 Å². The lowest BCUT2D eigenvalue weighted by Gasteiger charge is -2.21. The maximum Gasteiger partial charge on any atom is 0.307 e. The van der Waals surface area contributed by atoms with Crippen molar-refractivity contribution < 1.29 is 19.7 Å². The third-order valence-corrected chi connectivity index (χ3v) is 2.78. The van der Waals surface area contributed by atoms with Crippen LogP contribution in [0.15, 0.2) is 24.3 Å². The molecule has 5 nitrogen and oxygen atoms in total. The molecule has 1 unspecified atom stereocenters. The molecule has 0 spiro atoms. The average molecular weight is 267 g/mol. The monoisotopic (exact) mass is 267 g/mol. The topological polar surface area (TPSA) is 70.0 Å². The van der Waals surface area contributed by atoms with Crippen LogP contribution in [-0.2, 0) is 22.5 Å². The first-order chi connectivity index (χ1) is 9.02. The minimum Gasteiger partial charge on any atom is -0.481 e. The van der Waals surface area contributed by atoms with Crippen LogP contribution in [-0.4, -0.2) is 54.5 Å². The van der Waals surface area contributed by atoms with Gasteiger partial charge in [-0.15, -0.1) is 0 Å². The fourth-order valence-corrected chi connectivity index (χ4v) is 2.01. The zero-order chi connectivity index (χ0) is 14.3. The van der Waals surface area contributed by atoms with Crippen LogP contribution in [0.25, 0.3) is 0 Å². The molecule has 1 rings (SSSR count). The van der Waals surface area contributed by atoms with Gasteiger partial charge in [0.2, 0.25) is 0 Å². The standard InChI is InChI=1S/C14H21NO4/c1-15(9-13(16)10-19-2)8-12-6-4-3-5-11(12)7-14(17)18/h3-6,13,16H,7-10H2,1-2H3,(H,17,18). The van der Waals surface area contributed by atoms with Gasteiger partial charge in [-0.2, -0.15) is 0 Å². The highest BCUT2D eigenvalue weighted by molar-refractivity contribution is 5.70. The summed E-state index contributed by atoms with van der Waals surface area (Å²) in [5.74, 6) is -0.838. The molecule has 0 aliphatic carbocycles. The molecular weight excluding hydrogens is 246 g/mol. The highest BCUT2D eigenvalue weighted by Gasteiger charge is 2.11. The second-order valence-electron chi connectivity index (χ2n) is 4.65. The number of carboxylic acid groups (broad SMARTS) is 1. The number of rotatable bonds is 8. The van der Waals surface area contributed by atoms with Crippen LogP contribution in [0.1, 0.15) is 11.1 Å². The van der Waals surface area contributed by atoms with Gasteiger partial charge in [0.15, 0.2) is 0 Å². The lowest BCUT2D eigenvalue weighted by Crippen LogP contribution is -2.31. The van der Waals surface area contributed by atoms with E-state index >= 15 is 0 Å². The smallest absolute Gasteiger partial charge is 0.307 e. The van der Waals surface area contributed by atoms with E-state index in [0.29, 0.717) is 19.7 Å². The van der Waals surface area contributed by atoms with Crippen LogP contribution >= 0.6 is 0 Å². The molecule has 0 saturated carbocycles. The number of hydrogen-bond donors (Lipinski definition) is 2. The summed E-state index contributed by atoms with van der Waals surface area (Å²) in [6, 6.07) is 7.46. The molecule has 0 aliphatic heterocycles. The van der Waals surface area contributed by atoms with Gasteiger partial charge in [-0.05, 0) is 18.2 Å². The van der Waals surface area contributed by atoms with Gasteiger partial charge in [-0.3, -0.25) is 9.69 Å². The maximum absolute atomic E-state index is 10.8. The Morgan fingerprint density at radius 2 is 2.00 bits per heavy atom. The predicted octanol–water partition coefficient (Wildman–Crippen LogP) is 0.753. The number of methoxy groups -OCH3 is 1. The highest BCUT2D eigenvalue weighted by Crippen LogP contribution is 2.12. The number of benzene rings is 1. The molecule has 1 atom stereocenters. The molecule has 0 fully saturated rings. The Balaban J connectivity index is 2.62. The van der Waals surface area contributed by atoms with Crippen molar-refractivity contribution in [2.75, 3.05) is 27.3 Å². The molecule has 0 aliphatic rings. The summed E-state index contributed by atoms with van der Waals surface area (Å²) in [5, 5.41) is 18.5. The number of aliphatic hydroxyl groups is 1. The van der Waals surface area contributed by atoms with Crippen LogP contribution in [0, 0.1) is 0 Å². The first-order valence-electron chi connectivity index (χ1n) is 6.17. The lowest BCUT2D eigenvalue weighted by molar-refractivity contribution is -0.136. The largest absolute Gasteiger partial charge is 0.481 e. The van der Waals surface area contributed by atoms with Gasteiger partial charge in [0.1, 0.15) is 0 Å². The van der Waals surface area contributed by atoms with Crippen molar-refractivity contribution in [1.82, 2.24) is 4.90 Å². The summed E-state index contributed by atoms with van der Waals surface area (Å²) in [5.41, 5.74) is 1.78. The Bertz CT molecular complexity index is 408. The zero-order valence-electron chi connectivity index (χ0n) is 11.4. The molecule has 2 N–H and O–H groups in total. The number of aliphatic carboxylic acids is 1. The normalized spacial score (nSPS) is 12.6. The van der Waals surface area contributed by atoms with Gasteiger partial charge < -0.3 is 14.9 Å². The number of carbonyl (C=O) groups is 1. The summed E-state index contributed by atoms with van der Waals surface area (Å²) >= 11 is 0. The van der Waals surface area contributed by atoms with Crippen LogP contribution in [0.5, 0.6) is 0 Å². The average Bonchev–Trinajstić information content (AvgIpc) is 2.31. The molecule has 19 heavy (non-hydrogen) atoms. The number of nitrogens with zero attached hydrogens (tertiary/aromatic N) is 1. The van der Waals surface area contributed by atoms with Gasteiger partial charge >= 0.3 is 5.97 Å². The minimum atomic E-state index is -0.838. The summed E-state index contributed by atoms with van der Waals surface area (Å²) in [7, 11) is 3.43. The second kappa shape index (κ2) is 7.89. The molecule has 5 heteroatoms. The number of likely N-dealkylation sites (N-methyl/N-ethyl adjacent to an activating group) is 1. The Labute approximate surface area is 113 Å². The van der Waals surface area contributed by atoms with E-state index in [0.717, 1.165) is 11.1 Å². The lowest BCUT2D eigenvalue weighted by atomic mass is 10.0. The summed E-state index contributed by atoms with van der Waals surface area (Å²) in [4.78, 5) is 12.7. The van der Waals surface area contributed by atoms with Crippen LogP contribution in [0.3, 0.4) is 0 Å². The van der Waals surface area contributed by atoms with E-state index in [1.165, 1.54) is 0 Å². The number of hydrogen-bond acceptors (Lipinski definition) is 4. The van der Waals surface area contributed by atoms with Crippen molar-refractivity contribution in [2.45, 2.75) is 19.1 Å². The molecule has 1 aromatic rings. The summed E-state index contributed by atoms with van der Waals surface area (Å²) in [6.07, 6.45) is -0.522. The quantitative estimate of drug-likeness (QED) is 0.727. The second-order valence-corrected chi connectivity index (χ2v) is 4.65. The van der Waals surface area contributed by atoms with E-state index in [1.807, 2.05) is 36.2 Å². The van der Waals surface area contributed by atoms with Crippen molar-refractivity contribution in [3.05, 3.63) is 35.4 Å². The van der Waals surface area contributed by atoms with Crippen molar-refractivity contribution in [3.63, 3.8) is 0 Å². The highest BCUT2D eigenvalue weighted by atomic mass is 16.5. The Morgan fingerprint density at radius 1 is 1.37 bits per heavy atom. The van der Waals surface area contributed by atoms with E-state index in [4.69, 9.17) is 9.84 Å². The molecule has 0 heterocycles. The minimum absolute atomic E-state index is 0.0185. The van der Waals surface area contributed by atoms with E-state index in [-0.39, 0.29) is 6.42 Å². The van der Waals surface area contributed by atoms with E-state index in [2.05, 4.69) is 0 Å². The van der Waals surface area contributed by atoms with Crippen LogP contribution in [0.2, 0.25) is 0 Å². The van der Waals surface area contributed by atoms with Gasteiger partial charge in [0.05, 0.1) is 19.1 Å². The molecule has 1 aromatic carbocycles. The van der Waals surface area contributed by atoms with E-state index in [1.54, 1.807) is 7.11 Å². The van der Waals surface area contributed by atoms with Crippen molar-refractivity contribution in [3.8, 4) is 0 Å². The van der Waals surface area contributed by atoms with Gasteiger partial charge in [0, 0.05) is 20.2 Å². The summed E-state index contributed by atoms with van der Waals surface area (Å²) < 4.78 is 4.88. The first kappa shape index (κ1) is 15.6. The third-order valence-electron chi connectivity index (χ3n) is 2.78. The van der Waals surface area contributed by atoms with Gasteiger partial charge in [0.25, 0.3) is 0 Å². The fraction of sp³-hybridized carbons (Fsp3) is 0.500. The van der Waals surface area contributed by atoms with Crippen LogP contribution < -0.4 is 0 Å². The maximum atomic E-state index is 10.8. The molecule has 0 radical (unpaired) electrons. The number of carboxylic acids is 1. The third kappa shape index (κ3) is 5.83. The van der Waals surface area contributed by atoms with Gasteiger partial charge in [-0.1, -0.05) is 24.3 Å². The van der Waals surface area contributed by atoms with E-state index < -0.39 is 12.1 Å². The van der Waals surface area contributed by atoms with Crippen LogP contribution in [0.4, 0.5) is 0 Å². The Kier molecular flexibility index (Phi) is 6.49. The van der Waals surface area contributed by atoms with Crippen molar-refractivity contribution in [2.24, 2.45) is 0 Å². The Hall–Kier alpha value is -1.43. The van der Waals surface area contributed by atoms with E-state index in [9.17, 15) is 9.90 Å². The number of ether oxygens (including phenoxy) is 1. The molecular formula is C14H21NO4. The molecule has 0 saturated heterocycles. The fourth-order valence-electron chi connectivity index (χ4n) is 2.01. The first-order valence-corrected chi connectivity index (χ1v) is 6.17. The summed E-state index contributed by atoms with van der Waals surface area (Å²) in [6.45, 7) is 1.38. The molecule has 0 bridgehead atoms. The zero-order valence-corrected chi connectivity index (χ0v) is 11.4. The SMILES string of the molecule is COCC(O)CN(C)Cc1ccccc1CC(=O)O. The van der Waals surface area contributed by atoms with Gasteiger partial charge in [-0.25, -0.2) is 0 Å². The predicted molar refractivity (Wildman–Crippen MR) is 72.0 cm³/mol.